The molecule has 6 heteroatoms. The molecule has 1 N–H and O–H groups in total. The van der Waals surface area contributed by atoms with Crippen LogP contribution in [0, 0.1) is 12.8 Å². The van der Waals surface area contributed by atoms with Gasteiger partial charge in [0.05, 0.1) is 18.0 Å². The number of likely N-dealkylation sites (tertiary alicyclic amines) is 1. The molecule has 2 aromatic rings. The lowest BCUT2D eigenvalue weighted by atomic mass is 9.98. The molecule has 3 rings (SSSR count). The predicted octanol–water partition coefficient (Wildman–Crippen LogP) is 1.51. The molecule has 22 heavy (non-hydrogen) atoms. The van der Waals surface area contributed by atoms with Crippen molar-refractivity contribution < 1.29 is 14.7 Å². The predicted molar refractivity (Wildman–Crippen MR) is 80.6 cm³/mol. The van der Waals surface area contributed by atoms with Crippen LogP contribution < -0.4 is 0 Å². The molecular formula is C16H19N3O3. The van der Waals surface area contributed by atoms with Gasteiger partial charge < -0.3 is 14.4 Å². The summed E-state index contributed by atoms with van der Waals surface area (Å²) < 4.78 is 1.89. The smallest absolute Gasteiger partial charge is 0.308 e. The van der Waals surface area contributed by atoms with Gasteiger partial charge in [0.1, 0.15) is 5.65 Å². The Labute approximate surface area is 128 Å². The van der Waals surface area contributed by atoms with Crippen molar-refractivity contribution in [2.45, 2.75) is 26.2 Å². The van der Waals surface area contributed by atoms with Crippen molar-refractivity contribution in [3.8, 4) is 0 Å². The Morgan fingerprint density at radius 3 is 3.05 bits per heavy atom. The highest BCUT2D eigenvalue weighted by Gasteiger charge is 2.28. The SMILES string of the molecule is Cc1ccn2cc(CC(=O)N3CCCC(C(=O)O)C3)nc2c1. The monoisotopic (exact) mass is 301 g/mol. The highest BCUT2D eigenvalue weighted by atomic mass is 16.4. The molecule has 1 fully saturated rings. The molecule has 1 amide bonds. The van der Waals surface area contributed by atoms with Crippen molar-refractivity contribution in [2.24, 2.45) is 5.92 Å². The number of pyridine rings is 1. The van der Waals surface area contributed by atoms with Crippen molar-refractivity contribution >= 4 is 17.5 Å². The number of imidazole rings is 1. The number of carbonyl (C=O) groups is 2. The third kappa shape index (κ3) is 2.95. The van der Waals surface area contributed by atoms with Crippen molar-refractivity contribution in [3.05, 3.63) is 35.8 Å². The second-order valence-electron chi connectivity index (χ2n) is 5.90. The molecule has 2 aromatic heterocycles. The summed E-state index contributed by atoms with van der Waals surface area (Å²) in [5, 5.41) is 9.10. The fourth-order valence-electron chi connectivity index (χ4n) is 2.89. The quantitative estimate of drug-likeness (QED) is 0.932. The maximum absolute atomic E-state index is 12.4. The Kier molecular flexibility index (Phi) is 3.83. The molecule has 116 valence electrons. The fourth-order valence-corrected chi connectivity index (χ4v) is 2.89. The molecule has 0 radical (unpaired) electrons. The molecule has 6 nitrogen and oxygen atoms in total. The van der Waals surface area contributed by atoms with E-state index in [0.717, 1.165) is 17.6 Å². The summed E-state index contributed by atoms with van der Waals surface area (Å²) in [6, 6.07) is 3.96. The van der Waals surface area contributed by atoms with E-state index in [9.17, 15) is 9.59 Å². The molecule has 1 atom stereocenters. The minimum absolute atomic E-state index is 0.0499. The number of aryl methyl sites for hydroxylation is 1. The standard InChI is InChI=1S/C16H19N3O3/c1-11-4-6-18-10-13(17-14(18)7-11)8-15(20)19-5-2-3-12(9-19)16(21)22/h4,6-7,10,12H,2-3,5,8-9H2,1H3,(H,21,22). The second-order valence-corrected chi connectivity index (χ2v) is 5.90. The molecule has 1 aliphatic rings. The van der Waals surface area contributed by atoms with Gasteiger partial charge in [0, 0.05) is 25.5 Å². The zero-order valence-corrected chi connectivity index (χ0v) is 12.5. The second kappa shape index (κ2) is 5.79. The van der Waals surface area contributed by atoms with Crippen LogP contribution in [0.25, 0.3) is 5.65 Å². The largest absolute Gasteiger partial charge is 0.481 e. The molecule has 0 aliphatic carbocycles. The van der Waals surface area contributed by atoms with Gasteiger partial charge in [-0.2, -0.15) is 0 Å². The maximum Gasteiger partial charge on any atom is 0.308 e. The molecule has 0 bridgehead atoms. The van der Waals surface area contributed by atoms with Crippen LogP contribution in [-0.2, 0) is 16.0 Å². The Bertz CT molecular complexity index is 722. The number of rotatable bonds is 3. The molecule has 0 saturated carbocycles. The molecule has 1 unspecified atom stereocenters. The number of amides is 1. The first-order valence-corrected chi connectivity index (χ1v) is 7.48. The summed E-state index contributed by atoms with van der Waals surface area (Å²) >= 11 is 0. The van der Waals surface area contributed by atoms with E-state index in [-0.39, 0.29) is 12.3 Å². The van der Waals surface area contributed by atoms with Crippen LogP contribution in [0.4, 0.5) is 0 Å². The number of carboxylic acids is 1. The minimum atomic E-state index is -0.819. The summed E-state index contributed by atoms with van der Waals surface area (Å²) in [5.41, 5.74) is 2.66. The lowest BCUT2D eigenvalue weighted by molar-refractivity contribution is -0.145. The fraction of sp³-hybridized carbons (Fsp3) is 0.438. The molecular weight excluding hydrogens is 282 g/mol. The first-order chi connectivity index (χ1) is 10.5. The Hall–Kier alpha value is -2.37. The molecule has 0 aromatic carbocycles. The van der Waals surface area contributed by atoms with E-state index in [1.807, 2.05) is 35.9 Å². The van der Waals surface area contributed by atoms with Crippen molar-refractivity contribution in [3.63, 3.8) is 0 Å². The summed E-state index contributed by atoms with van der Waals surface area (Å²) in [4.78, 5) is 29.6. The van der Waals surface area contributed by atoms with Crippen molar-refractivity contribution in [2.75, 3.05) is 13.1 Å². The van der Waals surface area contributed by atoms with Gasteiger partial charge in [-0.25, -0.2) is 4.98 Å². The van der Waals surface area contributed by atoms with Crippen LogP contribution in [0.1, 0.15) is 24.1 Å². The number of carbonyl (C=O) groups excluding carboxylic acids is 1. The van der Waals surface area contributed by atoms with Gasteiger partial charge >= 0.3 is 5.97 Å². The van der Waals surface area contributed by atoms with Crippen LogP contribution in [0.15, 0.2) is 24.5 Å². The van der Waals surface area contributed by atoms with Gasteiger partial charge in [0.2, 0.25) is 5.91 Å². The van der Waals surface area contributed by atoms with Crippen LogP contribution in [0.5, 0.6) is 0 Å². The number of aliphatic carboxylic acids is 1. The maximum atomic E-state index is 12.4. The van der Waals surface area contributed by atoms with Gasteiger partial charge in [-0.05, 0) is 37.5 Å². The molecule has 1 saturated heterocycles. The normalized spacial score (nSPS) is 18.6. The number of fused-ring (bicyclic) bond motifs is 1. The van der Waals surface area contributed by atoms with Gasteiger partial charge in [0.15, 0.2) is 0 Å². The Morgan fingerprint density at radius 2 is 2.27 bits per heavy atom. The average molecular weight is 301 g/mol. The Morgan fingerprint density at radius 1 is 1.45 bits per heavy atom. The molecule has 3 heterocycles. The minimum Gasteiger partial charge on any atom is -0.481 e. The number of hydrogen-bond acceptors (Lipinski definition) is 3. The number of aromatic nitrogens is 2. The average Bonchev–Trinajstić information content (AvgIpc) is 2.88. The van der Waals surface area contributed by atoms with E-state index in [4.69, 9.17) is 5.11 Å². The third-order valence-electron chi connectivity index (χ3n) is 4.12. The van der Waals surface area contributed by atoms with E-state index >= 15 is 0 Å². The number of nitrogens with zero attached hydrogens (tertiary/aromatic N) is 3. The van der Waals surface area contributed by atoms with E-state index < -0.39 is 11.9 Å². The van der Waals surface area contributed by atoms with Crippen molar-refractivity contribution in [1.82, 2.24) is 14.3 Å². The van der Waals surface area contributed by atoms with Gasteiger partial charge in [0.25, 0.3) is 0 Å². The number of hydrogen-bond donors (Lipinski definition) is 1. The first-order valence-electron chi connectivity index (χ1n) is 7.48. The Balaban J connectivity index is 1.71. The summed E-state index contributed by atoms with van der Waals surface area (Å²) in [7, 11) is 0. The summed E-state index contributed by atoms with van der Waals surface area (Å²) in [6.07, 6.45) is 5.38. The van der Waals surface area contributed by atoms with Crippen molar-refractivity contribution in [1.29, 1.82) is 0 Å². The summed E-state index contributed by atoms with van der Waals surface area (Å²) in [5.74, 6) is -1.31. The van der Waals surface area contributed by atoms with Gasteiger partial charge in [-0.1, -0.05) is 0 Å². The third-order valence-corrected chi connectivity index (χ3v) is 4.12. The number of piperidine rings is 1. The lowest BCUT2D eigenvalue weighted by Crippen LogP contribution is -2.43. The zero-order valence-electron chi connectivity index (χ0n) is 12.5. The zero-order chi connectivity index (χ0) is 15.7. The van der Waals surface area contributed by atoms with Crippen LogP contribution in [0.3, 0.4) is 0 Å². The first kappa shape index (κ1) is 14.6. The van der Waals surface area contributed by atoms with E-state index in [1.54, 1.807) is 4.90 Å². The molecule has 1 aliphatic heterocycles. The lowest BCUT2D eigenvalue weighted by Gasteiger charge is -2.30. The van der Waals surface area contributed by atoms with Crippen LogP contribution in [-0.4, -0.2) is 44.4 Å². The highest BCUT2D eigenvalue weighted by molar-refractivity contribution is 5.80. The van der Waals surface area contributed by atoms with E-state index in [2.05, 4.69) is 4.98 Å². The molecule has 0 spiro atoms. The number of carboxylic acid groups (broad SMARTS) is 1. The van der Waals surface area contributed by atoms with Crippen LogP contribution >= 0.6 is 0 Å². The van der Waals surface area contributed by atoms with E-state index in [0.29, 0.717) is 25.2 Å². The van der Waals surface area contributed by atoms with Gasteiger partial charge in [-0.3, -0.25) is 9.59 Å². The van der Waals surface area contributed by atoms with E-state index in [1.165, 1.54) is 0 Å². The van der Waals surface area contributed by atoms with Crippen LogP contribution in [0.2, 0.25) is 0 Å². The topological polar surface area (TPSA) is 74.9 Å². The van der Waals surface area contributed by atoms with Gasteiger partial charge in [-0.15, -0.1) is 0 Å². The highest BCUT2D eigenvalue weighted by Crippen LogP contribution is 2.18. The summed E-state index contributed by atoms with van der Waals surface area (Å²) in [6.45, 7) is 2.94.